The first-order chi connectivity index (χ1) is 12.8. The van der Waals surface area contributed by atoms with E-state index in [1.165, 1.54) is 5.56 Å². The Kier molecular flexibility index (Phi) is 4.68. The number of fused-ring (bicyclic) bond motifs is 2. The molecule has 5 nitrogen and oxygen atoms in total. The molecule has 4 heterocycles. The molecule has 5 rings (SSSR count). The van der Waals surface area contributed by atoms with Crippen LogP contribution in [0.25, 0.3) is 16.9 Å². The Bertz CT molecular complexity index is 1090. The summed E-state index contributed by atoms with van der Waals surface area (Å²) in [4.78, 5) is 4.85. The van der Waals surface area contributed by atoms with Gasteiger partial charge in [0.2, 0.25) is 0 Å². The Balaban J connectivity index is 0.00000180. The maximum Gasteiger partial charge on any atom is 0.163 e. The number of thiophene rings is 1. The molecule has 0 bridgehead atoms. The van der Waals surface area contributed by atoms with Gasteiger partial charge in [-0.25, -0.2) is 4.98 Å². The predicted octanol–water partition coefficient (Wildman–Crippen LogP) is 5.31. The average molecular weight is 400 g/mol. The molecule has 4 aromatic rings. The predicted molar refractivity (Wildman–Crippen MR) is 111 cm³/mol. The summed E-state index contributed by atoms with van der Waals surface area (Å²) in [5.74, 6) is 2.49. The number of anilines is 2. The molecule has 7 heteroatoms. The van der Waals surface area contributed by atoms with Gasteiger partial charge in [-0.2, -0.15) is 11.3 Å². The van der Waals surface area contributed by atoms with Crippen LogP contribution in [-0.4, -0.2) is 22.6 Å². The van der Waals surface area contributed by atoms with Gasteiger partial charge in [-0.15, -0.1) is 12.4 Å². The first kappa shape index (κ1) is 17.7. The van der Waals surface area contributed by atoms with E-state index in [9.17, 15) is 0 Å². The number of imidazole rings is 1. The zero-order chi connectivity index (χ0) is 17.5. The fraction of sp³-hybridized carbons (Fsp3) is 0.150. The van der Waals surface area contributed by atoms with Gasteiger partial charge in [0.05, 0.1) is 0 Å². The van der Waals surface area contributed by atoms with E-state index in [2.05, 4.69) is 45.6 Å². The molecule has 0 unspecified atom stereocenters. The second kappa shape index (κ2) is 7.13. The molecule has 3 aromatic heterocycles. The number of halogens is 1. The number of hydrogen-bond acceptors (Lipinski definition) is 5. The standard InChI is InChI=1S/C20H17N3O2S.ClH/c1-13-4-6-23-18(10-13)22-19(14-5-9-26-12-14)20(23)21-15-2-3-16-17(11-15)25-8-7-24-16;/h2-6,9-12,21H,7-8H2,1H3;1H. The summed E-state index contributed by atoms with van der Waals surface area (Å²) >= 11 is 1.67. The first-order valence-corrected chi connectivity index (χ1v) is 9.40. The van der Waals surface area contributed by atoms with Crippen molar-refractivity contribution in [3.8, 4) is 22.8 Å². The third-order valence-corrected chi connectivity index (χ3v) is 5.06. The van der Waals surface area contributed by atoms with Gasteiger partial charge in [0.1, 0.15) is 30.4 Å². The number of rotatable bonds is 3. The molecule has 1 N–H and O–H groups in total. The van der Waals surface area contributed by atoms with E-state index < -0.39 is 0 Å². The zero-order valence-corrected chi connectivity index (χ0v) is 16.3. The van der Waals surface area contributed by atoms with Crippen molar-refractivity contribution in [1.82, 2.24) is 9.38 Å². The summed E-state index contributed by atoms with van der Waals surface area (Å²) < 4.78 is 13.4. The lowest BCUT2D eigenvalue weighted by Gasteiger charge is -2.19. The van der Waals surface area contributed by atoms with Crippen LogP contribution in [0.2, 0.25) is 0 Å². The number of benzene rings is 1. The van der Waals surface area contributed by atoms with Crippen molar-refractivity contribution in [1.29, 1.82) is 0 Å². The second-order valence-electron chi connectivity index (χ2n) is 6.24. The molecule has 0 aliphatic carbocycles. The van der Waals surface area contributed by atoms with Crippen LogP contribution in [0, 0.1) is 6.92 Å². The van der Waals surface area contributed by atoms with Gasteiger partial charge in [-0.05, 0) is 48.2 Å². The number of nitrogens with one attached hydrogen (secondary N) is 1. The van der Waals surface area contributed by atoms with Gasteiger partial charge in [0.15, 0.2) is 11.5 Å². The largest absolute Gasteiger partial charge is 0.486 e. The van der Waals surface area contributed by atoms with Crippen molar-refractivity contribution in [3.05, 3.63) is 58.9 Å². The summed E-state index contributed by atoms with van der Waals surface area (Å²) in [6.07, 6.45) is 2.05. The van der Waals surface area contributed by atoms with Gasteiger partial charge in [0.25, 0.3) is 0 Å². The van der Waals surface area contributed by atoms with Crippen LogP contribution in [0.4, 0.5) is 11.5 Å². The minimum absolute atomic E-state index is 0. The number of hydrogen-bond donors (Lipinski definition) is 1. The monoisotopic (exact) mass is 399 g/mol. The fourth-order valence-corrected chi connectivity index (χ4v) is 3.76. The lowest BCUT2D eigenvalue weighted by atomic mass is 10.2. The molecule has 0 saturated heterocycles. The molecule has 0 amide bonds. The number of nitrogens with zero attached hydrogens (tertiary/aromatic N) is 2. The zero-order valence-electron chi connectivity index (χ0n) is 14.6. The quantitative estimate of drug-likeness (QED) is 0.507. The highest BCUT2D eigenvalue weighted by molar-refractivity contribution is 7.08. The number of aromatic nitrogens is 2. The van der Waals surface area contributed by atoms with Crippen molar-refractivity contribution in [2.45, 2.75) is 6.92 Å². The Labute approximate surface area is 167 Å². The lowest BCUT2D eigenvalue weighted by molar-refractivity contribution is 0.171. The van der Waals surface area contributed by atoms with Gasteiger partial charge >= 0.3 is 0 Å². The Morgan fingerprint density at radius 1 is 1.07 bits per heavy atom. The van der Waals surface area contributed by atoms with E-state index in [4.69, 9.17) is 14.5 Å². The molecule has 0 saturated carbocycles. The number of pyridine rings is 1. The normalized spacial score (nSPS) is 12.6. The highest BCUT2D eigenvalue weighted by Crippen LogP contribution is 2.36. The van der Waals surface area contributed by atoms with Gasteiger partial charge in [-0.1, -0.05) is 0 Å². The highest BCUT2D eigenvalue weighted by Gasteiger charge is 2.17. The van der Waals surface area contributed by atoms with Crippen molar-refractivity contribution < 1.29 is 9.47 Å². The maximum atomic E-state index is 5.70. The van der Waals surface area contributed by atoms with Gasteiger partial charge in [0, 0.05) is 28.9 Å². The van der Waals surface area contributed by atoms with E-state index in [1.807, 2.05) is 24.4 Å². The third-order valence-electron chi connectivity index (χ3n) is 4.38. The lowest BCUT2D eigenvalue weighted by Crippen LogP contribution is -2.15. The molecule has 0 spiro atoms. The Morgan fingerprint density at radius 3 is 2.74 bits per heavy atom. The third kappa shape index (κ3) is 3.22. The van der Waals surface area contributed by atoms with Crippen LogP contribution in [-0.2, 0) is 0 Å². The minimum Gasteiger partial charge on any atom is -0.486 e. The summed E-state index contributed by atoms with van der Waals surface area (Å²) in [7, 11) is 0. The number of ether oxygens (including phenoxy) is 2. The Hall–Kier alpha value is -2.70. The molecular formula is C20H18ClN3O2S. The summed E-state index contributed by atoms with van der Waals surface area (Å²) in [6, 6.07) is 12.2. The van der Waals surface area contributed by atoms with E-state index >= 15 is 0 Å². The van der Waals surface area contributed by atoms with Crippen molar-refractivity contribution in [3.63, 3.8) is 0 Å². The first-order valence-electron chi connectivity index (χ1n) is 8.46. The van der Waals surface area contributed by atoms with Crippen LogP contribution in [0.3, 0.4) is 0 Å². The van der Waals surface area contributed by atoms with Crippen molar-refractivity contribution in [2.24, 2.45) is 0 Å². The Morgan fingerprint density at radius 2 is 1.93 bits per heavy atom. The fourth-order valence-electron chi connectivity index (χ4n) is 3.12. The van der Waals surface area contributed by atoms with E-state index in [-0.39, 0.29) is 12.4 Å². The van der Waals surface area contributed by atoms with Crippen LogP contribution in [0.15, 0.2) is 53.4 Å². The molecule has 27 heavy (non-hydrogen) atoms. The van der Waals surface area contributed by atoms with Gasteiger partial charge < -0.3 is 14.8 Å². The van der Waals surface area contributed by atoms with Crippen LogP contribution >= 0.6 is 23.7 Å². The molecule has 138 valence electrons. The molecule has 0 fully saturated rings. The second-order valence-corrected chi connectivity index (χ2v) is 7.02. The van der Waals surface area contributed by atoms with Crippen LogP contribution in [0.1, 0.15) is 5.56 Å². The molecule has 0 radical (unpaired) electrons. The van der Waals surface area contributed by atoms with Crippen molar-refractivity contribution >= 4 is 40.9 Å². The summed E-state index contributed by atoms with van der Waals surface area (Å²) in [6.45, 7) is 3.24. The topological polar surface area (TPSA) is 47.8 Å². The summed E-state index contributed by atoms with van der Waals surface area (Å²) in [5.41, 5.74) is 5.09. The number of aryl methyl sites for hydroxylation is 1. The van der Waals surface area contributed by atoms with Gasteiger partial charge in [-0.3, -0.25) is 4.40 Å². The highest BCUT2D eigenvalue weighted by atomic mass is 35.5. The molecule has 1 aromatic carbocycles. The minimum atomic E-state index is 0. The molecule has 0 atom stereocenters. The summed E-state index contributed by atoms with van der Waals surface area (Å²) in [5, 5.41) is 7.71. The maximum absolute atomic E-state index is 5.70. The molecule has 1 aliphatic rings. The average Bonchev–Trinajstić information content (AvgIpc) is 3.29. The van der Waals surface area contributed by atoms with E-state index in [0.29, 0.717) is 13.2 Å². The molecule has 1 aliphatic heterocycles. The SMILES string of the molecule is Cc1ccn2c(Nc3ccc4c(c3)OCCO4)c(-c3ccsc3)nc2c1.Cl. The van der Waals surface area contributed by atoms with Crippen molar-refractivity contribution in [2.75, 3.05) is 18.5 Å². The van der Waals surface area contributed by atoms with Crippen LogP contribution < -0.4 is 14.8 Å². The van der Waals surface area contributed by atoms with Crippen LogP contribution in [0.5, 0.6) is 11.5 Å². The van der Waals surface area contributed by atoms with E-state index in [0.717, 1.165) is 39.9 Å². The van der Waals surface area contributed by atoms with E-state index in [1.54, 1.807) is 11.3 Å². The molecular weight excluding hydrogens is 382 g/mol. The smallest absolute Gasteiger partial charge is 0.163 e.